The Morgan fingerprint density at radius 3 is 2.64 bits per heavy atom. The number of fused-ring (bicyclic) bond motifs is 5. The van der Waals surface area contributed by atoms with Crippen LogP contribution in [0.15, 0.2) is 30.3 Å². The predicted octanol–water partition coefficient (Wildman–Crippen LogP) is 3.26. The van der Waals surface area contributed by atoms with Crippen molar-refractivity contribution in [2.75, 3.05) is 20.5 Å². The molecule has 4 nitrogen and oxygen atoms in total. The second-order valence-corrected chi connectivity index (χ2v) is 6.06. The number of ether oxygens (including phenoxy) is 4. The first kappa shape index (κ1) is 12.4. The molecule has 2 aliphatic heterocycles. The van der Waals surface area contributed by atoms with E-state index in [1.807, 2.05) is 6.07 Å². The van der Waals surface area contributed by atoms with Crippen molar-refractivity contribution in [1.29, 1.82) is 0 Å². The van der Waals surface area contributed by atoms with E-state index in [0.29, 0.717) is 6.79 Å². The Morgan fingerprint density at radius 2 is 1.86 bits per heavy atom. The Balaban J connectivity index is 1.77. The molecule has 2 aromatic rings. The van der Waals surface area contributed by atoms with E-state index >= 15 is 0 Å². The van der Waals surface area contributed by atoms with Crippen molar-refractivity contribution in [3.63, 3.8) is 0 Å². The Labute approximate surface area is 128 Å². The summed E-state index contributed by atoms with van der Waals surface area (Å²) in [4.78, 5) is 0. The molecule has 1 atom stereocenters. The number of benzene rings is 2. The third-order valence-electron chi connectivity index (χ3n) is 4.90. The van der Waals surface area contributed by atoms with Gasteiger partial charge in [-0.2, -0.15) is 0 Å². The fourth-order valence-electron chi connectivity index (χ4n) is 3.57. The smallest absolute Gasteiger partial charge is 0.231 e. The normalized spacial score (nSPS) is 23.7. The number of rotatable bonds is 1. The highest BCUT2D eigenvalue weighted by Gasteiger charge is 2.49. The van der Waals surface area contributed by atoms with Crippen LogP contribution in [0, 0.1) is 0 Å². The lowest BCUT2D eigenvalue weighted by Crippen LogP contribution is -2.09. The van der Waals surface area contributed by atoms with E-state index in [4.69, 9.17) is 18.9 Å². The Bertz CT molecular complexity index is 777. The topological polar surface area (TPSA) is 40.2 Å². The molecule has 4 heteroatoms. The summed E-state index contributed by atoms with van der Waals surface area (Å²) in [6.45, 7) is 1.08. The summed E-state index contributed by atoms with van der Waals surface area (Å²) in [6, 6.07) is 10.5. The molecular formula is C18H16O4. The van der Waals surface area contributed by atoms with Gasteiger partial charge in [0.05, 0.1) is 13.7 Å². The highest BCUT2D eigenvalue weighted by molar-refractivity contribution is 5.77. The second kappa shape index (κ2) is 4.17. The van der Waals surface area contributed by atoms with Crippen LogP contribution in [0.2, 0.25) is 0 Å². The van der Waals surface area contributed by atoms with Crippen LogP contribution < -0.4 is 14.2 Å². The predicted molar refractivity (Wildman–Crippen MR) is 80.5 cm³/mol. The summed E-state index contributed by atoms with van der Waals surface area (Å²) in [6.07, 6.45) is 1.97. The van der Waals surface area contributed by atoms with E-state index in [0.717, 1.165) is 36.7 Å². The number of epoxide rings is 1. The van der Waals surface area contributed by atoms with Crippen molar-refractivity contribution in [2.24, 2.45) is 0 Å². The van der Waals surface area contributed by atoms with Gasteiger partial charge < -0.3 is 18.9 Å². The molecule has 0 aromatic heterocycles. The van der Waals surface area contributed by atoms with Gasteiger partial charge in [0.2, 0.25) is 6.79 Å². The van der Waals surface area contributed by atoms with E-state index < -0.39 is 0 Å². The molecule has 1 fully saturated rings. The summed E-state index contributed by atoms with van der Waals surface area (Å²) in [5.41, 5.74) is 4.80. The zero-order valence-corrected chi connectivity index (χ0v) is 12.3. The Kier molecular flexibility index (Phi) is 2.34. The molecule has 22 heavy (non-hydrogen) atoms. The van der Waals surface area contributed by atoms with Crippen LogP contribution in [0.3, 0.4) is 0 Å². The van der Waals surface area contributed by atoms with Gasteiger partial charge in [-0.1, -0.05) is 6.07 Å². The van der Waals surface area contributed by atoms with Gasteiger partial charge in [0, 0.05) is 0 Å². The minimum Gasteiger partial charge on any atom is -0.497 e. The van der Waals surface area contributed by atoms with Crippen LogP contribution in [0.5, 0.6) is 17.2 Å². The van der Waals surface area contributed by atoms with E-state index in [1.54, 1.807) is 7.11 Å². The van der Waals surface area contributed by atoms with Gasteiger partial charge >= 0.3 is 0 Å². The van der Waals surface area contributed by atoms with Gasteiger partial charge in [-0.15, -0.1) is 0 Å². The average Bonchev–Trinajstić information content (AvgIpc) is 3.23. The molecule has 1 spiro atoms. The summed E-state index contributed by atoms with van der Waals surface area (Å²) >= 11 is 0. The summed E-state index contributed by atoms with van der Waals surface area (Å²) in [7, 11) is 1.70. The molecule has 0 amide bonds. The van der Waals surface area contributed by atoms with Crippen LogP contribution in [0.4, 0.5) is 0 Å². The number of hydrogen-bond donors (Lipinski definition) is 0. The standard InChI is InChI=1S/C18H16O4/c1-19-12-2-3-13-11(6-12)4-5-18(9-22-18)15-8-17-16(7-14(13)15)20-10-21-17/h2-3,6-8H,4-5,9-10H2,1H3. The quantitative estimate of drug-likeness (QED) is 0.757. The van der Waals surface area contributed by atoms with Gasteiger partial charge in [-0.3, -0.25) is 0 Å². The zero-order chi connectivity index (χ0) is 14.7. The van der Waals surface area contributed by atoms with Gasteiger partial charge in [0.25, 0.3) is 0 Å². The highest BCUT2D eigenvalue weighted by Crippen LogP contribution is 2.53. The summed E-state index contributed by atoms with van der Waals surface area (Å²) in [5.74, 6) is 2.54. The number of methoxy groups -OCH3 is 1. The number of hydrogen-bond acceptors (Lipinski definition) is 4. The minimum atomic E-state index is -0.150. The van der Waals surface area contributed by atoms with Gasteiger partial charge in [-0.05, 0) is 59.4 Å². The molecule has 5 rings (SSSR count). The van der Waals surface area contributed by atoms with Crippen molar-refractivity contribution in [3.05, 3.63) is 41.5 Å². The molecular weight excluding hydrogens is 280 g/mol. The van der Waals surface area contributed by atoms with E-state index in [-0.39, 0.29) is 5.60 Å². The maximum Gasteiger partial charge on any atom is 0.231 e. The second-order valence-electron chi connectivity index (χ2n) is 6.06. The van der Waals surface area contributed by atoms with Crippen molar-refractivity contribution in [2.45, 2.75) is 18.4 Å². The fourth-order valence-corrected chi connectivity index (χ4v) is 3.57. The lowest BCUT2D eigenvalue weighted by Gasteiger charge is -2.14. The van der Waals surface area contributed by atoms with Gasteiger partial charge in [0.15, 0.2) is 11.5 Å². The van der Waals surface area contributed by atoms with Crippen LogP contribution >= 0.6 is 0 Å². The zero-order valence-electron chi connectivity index (χ0n) is 12.3. The summed E-state index contributed by atoms with van der Waals surface area (Å²) < 4.78 is 22.4. The third kappa shape index (κ3) is 1.61. The molecule has 2 heterocycles. The first-order valence-corrected chi connectivity index (χ1v) is 7.54. The lowest BCUT2D eigenvalue weighted by atomic mass is 9.91. The maximum absolute atomic E-state index is 5.86. The van der Waals surface area contributed by atoms with E-state index in [2.05, 4.69) is 24.3 Å². The third-order valence-corrected chi connectivity index (χ3v) is 4.90. The van der Waals surface area contributed by atoms with Crippen LogP contribution in [0.25, 0.3) is 11.1 Å². The van der Waals surface area contributed by atoms with Crippen LogP contribution in [-0.2, 0) is 16.8 Å². The monoisotopic (exact) mass is 296 g/mol. The molecule has 2 aromatic carbocycles. The van der Waals surface area contributed by atoms with Gasteiger partial charge in [0.1, 0.15) is 11.4 Å². The minimum absolute atomic E-state index is 0.150. The summed E-state index contributed by atoms with van der Waals surface area (Å²) in [5, 5.41) is 0. The SMILES string of the molecule is COc1ccc2c(c1)CCC1(CO1)c1cc3c(cc1-2)OCO3. The fraction of sp³-hybridized carbons (Fsp3) is 0.333. The van der Waals surface area contributed by atoms with Crippen molar-refractivity contribution in [1.82, 2.24) is 0 Å². The van der Waals surface area contributed by atoms with E-state index in [9.17, 15) is 0 Å². The first-order chi connectivity index (χ1) is 10.8. The van der Waals surface area contributed by atoms with Crippen molar-refractivity contribution < 1.29 is 18.9 Å². The first-order valence-electron chi connectivity index (χ1n) is 7.54. The molecule has 1 saturated heterocycles. The van der Waals surface area contributed by atoms with E-state index in [1.165, 1.54) is 22.3 Å². The molecule has 3 aliphatic rings. The Morgan fingerprint density at radius 1 is 1.05 bits per heavy atom. The van der Waals surface area contributed by atoms with Crippen molar-refractivity contribution >= 4 is 0 Å². The maximum atomic E-state index is 5.86. The number of aryl methyl sites for hydroxylation is 1. The molecule has 0 radical (unpaired) electrons. The van der Waals surface area contributed by atoms with Crippen LogP contribution in [-0.4, -0.2) is 20.5 Å². The Hall–Kier alpha value is -2.20. The lowest BCUT2D eigenvalue weighted by molar-refractivity contribution is 0.174. The molecule has 0 N–H and O–H groups in total. The molecule has 1 aliphatic carbocycles. The highest BCUT2D eigenvalue weighted by atomic mass is 16.7. The average molecular weight is 296 g/mol. The molecule has 0 saturated carbocycles. The molecule has 0 bridgehead atoms. The molecule has 1 unspecified atom stereocenters. The van der Waals surface area contributed by atoms with Gasteiger partial charge in [-0.25, -0.2) is 0 Å². The molecule has 112 valence electrons. The van der Waals surface area contributed by atoms with Crippen LogP contribution in [0.1, 0.15) is 17.5 Å². The van der Waals surface area contributed by atoms with Crippen molar-refractivity contribution in [3.8, 4) is 28.4 Å². The largest absolute Gasteiger partial charge is 0.497 e.